The number of anilines is 2. The minimum atomic E-state index is -0.343. The third-order valence-corrected chi connectivity index (χ3v) is 4.74. The van der Waals surface area contributed by atoms with Crippen LogP contribution in [0.25, 0.3) is 0 Å². The summed E-state index contributed by atoms with van der Waals surface area (Å²) in [5.74, 6) is 0.468. The molecule has 0 radical (unpaired) electrons. The predicted octanol–water partition coefficient (Wildman–Crippen LogP) is 3.49. The van der Waals surface area contributed by atoms with E-state index in [9.17, 15) is 10.1 Å². The van der Waals surface area contributed by atoms with Gasteiger partial charge in [-0.25, -0.2) is 4.68 Å². The van der Waals surface area contributed by atoms with Crippen LogP contribution in [0, 0.1) is 10.1 Å². The quantitative estimate of drug-likeness (QED) is 0.642. The average molecular weight is 343 g/mol. The van der Waals surface area contributed by atoms with Gasteiger partial charge in [0.25, 0.3) is 0 Å². The Morgan fingerprint density at radius 3 is 2.64 bits per heavy atom. The van der Waals surface area contributed by atoms with Crippen molar-refractivity contribution >= 4 is 17.2 Å². The highest BCUT2D eigenvalue weighted by Gasteiger charge is 2.25. The molecule has 7 nitrogen and oxygen atoms in total. The normalized spacial score (nSPS) is 14.6. The Hall–Kier alpha value is -2.57. The minimum absolute atomic E-state index is 0.0838. The molecule has 0 saturated carbocycles. The standard InChI is InChI=1S/C18H25N5O2/c1-3-15-17(23(24)25)18(21(2)20-15)19-13-14-9-5-6-10-16(14)22-11-7-4-8-12-22/h5-6,9-10,19H,3-4,7-8,11-13H2,1-2H3. The highest BCUT2D eigenvalue weighted by atomic mass is 16.6. The molecule has 1 saturated heterocycles. The van der Waals surface area contributed by atoms with Crippen LogP contribution in [-0.4, -0.2) is 27.8 Å². The SMILES string of the molecule is CCc1nn(C)c(NCc2ccccc2N2CCCCC2)c1[N+](=O)[O-]. The van der Waals surface area contributed by atoms with Gasteiger partial charge in [0.15, 0.2) is 0 Å². The van der Waals surface area contributed by atoms with E-state index in [2.05, 4.69) is 33.5 Å². The van der Waals surface area contributed by atoms with Crippen molar-refractivity contribution in [1.29, 1.82) is 0 Å². The molecule has 1 aromatic heterocycles. The molecule has 3 rings (SSSR count). The van der Waals surface area contributed by atoms with Gasteiger partial charge in [-0.15, -0.1) is 0 Å². The Balaban J connectivity index is 1.83. The lowest BCUT2D eigenvalue weighted by Crippen LogP contribution is -2.30. The van der Waals surface area contributed by atoms with E-state index in [0.29, 0.717) is 24.5 Å². The van der Waals surface area contributed by atoms with E-state index < -0.39 is 0 Å². The number of benzene rings is 1. The minimum Gasteiger partial charge on any atom is -0.371 e. The Labute approximate surface area is 147 Å². The Morgan fingerprint density at radius 1 is 1.24 bits per heavy atom. The number of hydrogen-bond donors (Lipinski definition) is 1. The fourth-order valence-electron chi connectivity index (χ4n) is 3.48. The second kappa shape index (κ2) is 7.55. The molecule has 134 valence electrons. The maximum absolute atomic E-state index is 11.4. The highest BCUT2D eigenvalue weighted by Crippen LogP contribution is 2.30. The van der Waals surface area contributed by atoms with Gasteiger partial charge in [-0.05, 0) is 37.3 Å². The number of aromatic nitrogens is 2. The van der Waals surface area contributed by atoms with Crippen molar-refractivity contribution in [2.45, 2.75) is 39.2 Å². The lowest BCUT2D eigenvalue weighted by Gasteiger charge is -2.30. The summed E-state index contributed by atoms with van der Waals surface area (Å²) in [6.45, 7) is 4.56. The van der Waals surface area contributed by atoms with E-state index in [-0.39, 0.29) is 10.6 Å². The number of nitrogens with zero attached hydrogens (tertiary/aromatic N) is 4. The van der Waals surface area contributed by atoms with Crippen molar-refractivity contribution in [1.82, 2.24) is 9.78 Å². The number of nitrogens with one attached hydrogen (secondary N) is 1. The van der Waals surface area contributed by atoms with E-state index in [1.165, 1.54) is 24.9 Å². The maximum Gasteiger partial charge on any atom is 0.333 e. The van der Waals surface area contributed by atoms with Crippen LogP contribution in [0.15, 0.2) is 24.3 Å². The van der Waals surface area contributed by atoms with E-state index in [0.717, 1.165) is 18.7 Å². The van der Waals surface area contributed by atoms with Crippen molar-refractivity contribution in [2.24, 2.45) is 7.05 Å². The molecule has 7 heteroatoms. The van der Waals surface area contributed by atoms with Crippen LogP contribution >= 0.6 is 0 Å². The lowest BCUT2D eigenvalue weighted by molar-refractivity contribution is -0.384. The van der Waals surface area contributed by atoms with Gasteiger partial charge in [0.05, 0.1) is 4.92 Å². The molecule has 25 heavy (non-hydrogen) atoms. The van der Waals surface area contributed by atoms with Crippen LogP contribution < -0.4 is 10.2 Å². The number of para-hydroxylation sites is 1. The summed E-state index contributed by atoms with van der Waals surface area (Å²) in [7, 11) is 1.74. The predicted molar refractivity (Wildman–Crippen MR) is 99.1 cm³/mol. The van der Waals surface area contributed by atoms with Gasteiger partial charge in [0, 0.05) is 32.4 Å². The van der Waals surface area contributed by atoms with Gasteiger partial charge in [0.1, 0.15) is 5.69 Å². The molecule has 1 fully saturated rings. The smallest absolute Gasteiger partial charge is 0.333 e. The van der Waals surface area contributed by atoms with Crippen molar-refractivity contribution in [3.63, 3.8) is 0 Å². The van der Waals surface area contributed by atoms with Gasteiger partial charge in [-0.2, -0.15) is 5.10 Å². The van der Waals surface area contributed by atoms with Crippen LogP contribution in [0.5, 0.6) is 0 Å². The summed E-state index contributed by atoms with van der Waals surface area (Å²) in [5, 5.41) is 19.0. The second-order valence-electron chi connectivity index (χ2n) is 6.41. The number of nitro groups is 1. The number of hydrogen-bond acceptors (Lipinski definition) is 5. The summed E-state index contributed by atoms with van der Waals surface area (Å²) in [6, 6.07) is 8.28. The molecule has 0 unspecified atom stereocenters. The zero-order chi connectivity index (χ0) is 17.8. The third kappa shape index (κ3) is 3.60. The van der Waals surface area contributed by atoms with Gasteiger partial charge in [-0.1, -0.05) is 25.1 Å². The fraction of sp³-hybridized carbons (Fsp3) is 0.500. The molecule has 0 aliphatic carbocycles. The first-order valence-electron chi connectivity index (χ1n) is 8.88. The molecule has 1 aliphatic heterocycles. The van der Waals surface area contributed by atoms with Crippen LogP contribution in [0.2, 0.25) is 0 Å². The molecule has 2 aromatic rings. The molecular formula is C18H25N5O2. The van der Waals surface area contributed by atoms with Crippen molar-refractivity contribution < 1.29 is 4.92 Å². The monoisotopic (exact) mass is 343 g/mol. The summed E-state index contributed by atoms with van der Waals surface area (Å²) in [6.07, 6.45) is 4.26. The molecule has 1 aromatic carbocycles. The maximum atomic E-state index is 11.4. The van der Waals surface area contributed by atoms with Crippen molar-refractivity contribution in [3.05, 3.63) is 45.6 Å². The van der Waals surface area contributed by atoms with Gasteiger partial charge < -0.3 is 10.2 Å². The van der Waals surface area contributed by atoms with Crippen LogP contribution in [-0.2, 0) is 20.0 Å². The molecule has 1 aliphatic rings. The Kier molecular flexibility index (Phi) is 5.21. The number of aryl methyl sites for hydroxylation is 2. The molecule has 0 bridgehead atoms. The molecule has 0 atom stereocenters. The van der Waals surface area contributed by atoms with Crippen LogP contribution in [0.4, 0.5) is 17.2 Å². The summed E-state index contributed by atoms with van der Waals surface area (Å²) < 4.78 is 1.57. The molecule has 2 heterocycles. The second-order valence-corrected chi connectivity index (χ2v) is 6.41. The van der Waals surface area contributed by atoms with Crippen molar-refractivity contribution in [2.75, 3.05) is 23.3 Å². The average Bonchev–Trinajstić information content (AvgIpc) is 2.97. The first-order valence-corrected chi connectivity index (χ1v) is 8.88. The molecule has 0 amide bonds. The first kappa shape index (κ1) is 17.3. The fourth-order valence-corrected chi connectivity index (χ4v) is 3.48. The van der Waals surface area contributed by atoms with E-state index >= 15 is 0 Å². The zero-order valence-electron chi connectivity index (χ0n) is 14.9. The highest BCUT2D eigenvalue weighted by molar-refractivity contribution is 5.61. The largest absolute Gasteiger partial charge is 0.371 e. The summed E-state index contributed by atoms with van der Waals surface area (Å²) >= 11 is 0. The number of rotatable bonds is 6. The van der Waals surface area contributed by atoms with Gasteiger partial charge in [-0.3, -0.25) is 10.1 Å². The van der Waals surface area contributed by atoms with Crippen LogP contribution in [0.3, 0.4) is 0 Å². The van der Waals surface area contributed by atoms with E-state index in [1.807, 2.05) is 13.0 Å². The topological polar surface area (TPSA) is 76.2 Å². The Bertz CT molecular complexity index is 750. The molecular weight excluding hydrogens is 318 g/mol. The molecule has 1 N–H and O–H groups in total. The van der Waals surface area contributed by atoms with E-state index in [4.69, 9.17) is 0 Å². The summed E-state index contributed by atoms with van der Waals surface area (Å²) in [5.41, 5.74) is 2.97. The summed E-state index contributed by atoms with van der Waals surface area (Å²) in [4.78, 5) is 13.5. The Morgan fingerprint density at radius 2 is 1.96 bits per heavy atom. The van der Waals surface area contributed by atoms with Crippen LogP contribution in [0.1, 0.15) is 37.4 Å². The third-order valence-electron chi connectivity index (χ3n) is 4.74. The van der Waals surface area contributed by atoms with Crippen molar-refractivity contribution in [3.8, 4) is 0 Å². The first-order chi connectivity index (χ1) is 12.1. The molecule has 0 spiro atoms. The van der Waals surface area contributed by atoms with Gasteiger partial charge in [0.2, 0.25) is 5.82 Å². The number of piperidine rings is 1. The van der Waals surface area contributed by atoms with Gasteiger partial charge >= 0.3 is 5.69 Å². The lowest BCUT2D eigenvalue weighted by atomic mass is 10.1. The van der Waals surface area contributed by atoms with E-state index in [1.54, 1.807) is 11.7 Å². The zero-order valence-corrected chi connectivity index (χ0v) is 14.9.